The van der Waals surface area contributed by atoms with E-state index in [-0.39, 0.29) is 22.5 Å². The summed E-state index contributed by atoms with van der Waals surface area (Å²) in [5.74, 6) is 3.81. The maximum absolute atomic E-state index is 11.9. The van der Waals surface area contributed by atoms with Crippen molar-refractivity contribution in [2.24, 2.45) is 5.84 Å². The first-order valence-corrected chi connectivity index (χ1v) is 8.77. The summed E-state index contributed by atoms with van der Waals surface area (Å²) in [4.78, 5) is 23.7. The molecule has 0 saturated heterocycles. The maximum atomic E-state index is 11.9. The summed E-state index contributed by atoms with van der Waals surface area (Å²) >= 11 is 0. The van der Waals surface area contributed by atoms with Gasteiger partial charge in [-0.3, -0.25) is 5.01 Å². The molecule has 5 N–H and O–H groups in total. The minimum absolute atomic E-state index is 0.0658. The molecule has 3 rings (SSSR count). The maximum Gasteiger partial charge on any atom is 0.337 e. The lowest BCUT2D eigenvalue weighted by Gasteiger charge is -2.24. The van der Waals surface area contributed by atoms with Gasteiger partial charge in [-0.2, -0.15) is 0 Å². The number of nitrogens with zero attached hydrogens (tertiary/aromatic N) is 1. The Balaban J connectivity index is 2.12. The normalized spacial score (nSPS) is 13.0. The molecule has 0 unspecified atom stereocenters. The molecule has 2 aromatic carbocycles. The van der Waals surface area contributed by atoms with Crippen molar-refractivity contribution in [2.75, 3.05) is 10.3 Å². The summed E-state index contributed by atoms with van der Waals surface area (Å²) < 4.78 is 0. The molecule has 0 saturated carbocycles. The number of rotatable bonds is 6. The van der Waals surface area contributed by atoms with Crippen molar-refractivity contribution in [3.8, 4) is 0 Å². The summed E-state index contributed by atoms with van der Waals surface area (Å²) in [5, 5.41) is 23.6. The number of carbonyl (C=O) groups is 2. The van der Waals surface area contributed by atoms with Gasteiger partial charge >= 0.3 is 11.9 Å². The van der Waals surface area contributed by atoms with E-state index in [1.807, 2.05) is 37.3 Å². The molecule has 144 valence electrons. The molecule has 1 aliphatic rings. The fraction of sp³-hybridized carbons (Fsp3) is 0.143. The van der Waals surface area contributed by atoms with Gasteiger partial charge in [0.1, 0.15) is 0 Å². The standard InChI is InChI=1S/C21H21N3O4/c1-13-7-5-6-10-18(13)24(22)19-12-15(20(25)26)17(11-16(19)21(27)28)23-14-8-3-2-4-9-14/h3,5-12,23H,2,4,22H2,1H3,(H,25,26)(H,27,28). The van der Waals surface area contributed by atoms with Crippen LogP contribution in [0.25, 0.3) is 0 Å². The predicted molar refractivity (Wildman–Crippen MR) is 108 cm³/mol. The quantitative estimate of drug-likeness (QED) is 0.442. The van der Waals surface area contributed by atoms with Crippen molar-refractivity contribution in [1.29, 1.82) is 0 Å². The molecule has 0 radical (unpaired) electrons. The molecule has 0 bridgehead atoms. The van der Waals surface area contributed by atoms with Crippen LogP contribution in [-0.4, -0.2) is 22.2 Å². The van der Waals surface area contributed by atoms with Crippen LogP contribution in [-0.2, 0) is 0 Å². The van der Waals surface area contributed by atoms with Crippen LogP contribution in [0.15, 0.2) is 60.3 Å². The van der Waals surface area contributed by atoms with Crippen molar-refractivity contribution in [2.45, 2.75) is 19.8 Å². The first kappa shape index (κ1) is 19.2. The van der Waals surface area contributed by atoms with E-state index in [1.165, 1.54) is 17.1 Å². The topological polar surface area (TPSA) is 116 Å². The summed E-state index contributed by atoms with van der Waals surface area (Å²) in [5.41, 5.74) is 2.27. The number of para-hydroxylation sites is 1. The zero-order chi connectivity index (χ0) is 20.3. The number of nitrogens with one attached hydrogen (secondary N) is 1. The van der Waals surface area contributed by atoms with Crippen LogP contribution < -0.4 is 16.2 Å². The number of aromatic carboxylic acids is 2. The number of benzene rings is 2. The molecule has 7 nitrogen and oxygen atoms in total. The number of hydrogen-bond donors (Lipinski definition) is 4. The van der Waals surface area contributed by atoms with Crippen molar-refractivity contribution in [3.05, 3.63) is 77.0 Å². The Morgan fingerprint density at radius 2 is 1.75 bits per heavy atom. The van der Waals surface area contributed by atoms with Gasteiger partial charge in [0.2, 0.25) is 0 Å². The molecule has 2 aromatic rings. The minimum atomic E-state index is -1.20. The molecule has 0 heterocycles. The van der Waals surface area contributed by atoms with Gasteiger partial charge in [0, 0.05) is 5.70 Å². The Bertz CT molecular complexity index is 995. The highest BCUT2D eigenvalue weighted by Gasteiger charge is 2.23. The number of carboxylic acid groups (broad SMARTS) is 2. The minimum Gasteiger partial charge on any atom is -0.478 e. The van der Waals surface area contributed by atoms with Gasteiger partial charge in [0.25, 0.3) is 0 Å². The van der Waals surface area contributed by atoms with Gasteiger partial charge in [-0.25, -0.2) is 15.4 Å². The Kier molecular flexibility index (Phi) is 5.47. The summed E-state index contributed by atoms with van der Waals surface area (Å²) in [6, 6.07) is 9.79. The molecule has 0 spiro atoms. The Morgan fingerprint density at radius 1 is 1.04 bits per heavy atom. The monoisotopic (exact) mass is 379 g/mol. The number of hydrazine groups is 1. The van der Waals surface area contributed by atoms with E-state index < -0.39 is 11.9 Å². The average molecular weight is 379 g/mol. The number of anilines is 3. The van der Waals surface area contributed by atoms with E-state index >= 15 is 0 Å². The third kappa shape index (κ3) is 3.89. The van der Waals surface area contributed by atoms with E-state index in [2.05, 4.69) is 5.32 Å². The highest BCUT2D eigenvalue weighted by Crippen LogP contribution is 2.33. The molecule has 28 heavy (non-hydrogen) atoms. The second-order valence-electron chi connectivity index (χ2n) is 6.45. The molecule has 0 aromatic heterocycles. The van der Waals surface area contributed by atoms with Gasteiger partial charge in [0.15, 0.2) is 0 Å². The highest BCUT2D eigenvalue weighted by atomic mass is 16.4. The van der Waals surface area contributed by atoms with Crippen molar-refractivity contribution < 1.29 is 19.8 Å². The second-order valence-corrected chi connectivity index (χ2v) is 6.45. The fourth-order valence-electron chi connectivity index (χ4n) is 3.06. The van der Waals surface area contributed by atoms with Crippen molar-refractivity contribution >= 4 is 29.0 Å². The third-order valence-electron chi connectivity index (χ3n) is 4.51. The number of allylic oxidation sites excluding steroid dienone is 3. The molecule has 0 aliphatic heterocycles. The van der Waals surface area contributed by atoms with Gasteiger partial charge < -0.3 is 15.5 Å². The predicted octanol–water partition coefficient (Wildman–Crippen LogP) is 4.05. The van der Waals surface area contributed by atoms with Gasteiger partial charge in [-0.1, -0.05) is 30.4 Å². The van der Waals surface area contributed by atoms with E-state index in [0.717, 1.165) is 24.1 Å². The van der Waals surface area contributed by atoms with E-state index in [9.17, 15) is 19.8 Å². The Morgan fingerprint density at radius 3 is 2.36 bits per heavy atom. The SMILES string of the molecule is Cc1ccccc1N(N)c1cc(C(=O)O)c(NC2=CCCC=C2)cc1C(=O)O. The second kappa shape index (κ2) is 7.98. The first-order chi connectivity index (χ1) is 13.4. The Hall–Kier alpha value is -3.58. The van der Waals surface area contributed by atoms with Gasteiger partial charge in [-0.05, 0) is 49.6 Å². The van der Waals surface area contributed by atoms with E-state index in [0.29, 0.717) is 5.69 Å². The van der Waals surface area contributed by atoms with Crippen molar-refractivity contribution in [1.82, 2.24) is 0 Å². The van der Waals surface area contributed by atoms with Crippen LogP contribution in [0.3, 0.4) is 0 Å². The number of nitrogens with two attached hydrogens (primary N) is 1. The van der Waals surface area contributed by atoms with Crippen LogP contribution in [0.2, 0.25) is 0 Å². The molecule has 0 atom stereocenters. The first-order valence-electron chi connectivity index (χ1n) is 8.77. The lowest BCUT2D eigenvalue weighted by molar-refractivity contribution is 0.0682. The van der Waals surface area contributed by atoms with Gasteiger partial charge in [-0.15, -0.1) is 0 Å². The van der Waals surface area contributed by atoms with Crippen LogP contribution >= 0.6 is 0 Å². The van der Waals surface area contributed by atoms with Crippen LogP contribution in [0.1, 0.15) is 39.1 Å². The zero-order valence-electron chi connectivity index (χ0n) is 15.3. The van der Waals surface area contributed by atoms with Crippen LogP contribution in [0.5, 0.6) is 0 Å². The fourth-order valence-corrected chi connectivity index (χ4v) is 3.06. The largest absolute Gasteiger partial charge is 0.478 e. The summed E-state index contributed by atoms with van der Waals surface area (Å²) in [7, 11) is 0. The van der Waals surface area contributed by atoms with E-state index in [4.69, 9.17) is 5.84 Å². The average Bonchev–Trinajstić information content (AvgIpc) is 2.68. The smallest absolute Gasteiger partial charge is 0.337 e. The van der Waals surface area contributed by atoms with Crippen LogP contribution in [0, 0.1) is 6.92 Å². The zero-order valence-corrected chi connectivity index (χ0v) is 15.3. The third-order valence-corrected chi connectivity index (χ3v) is 4.51. The molecule has 0 amide bonds. The highest BCUT2D eigenvalue weighted by molar-refractivity contribution is 6.03. The molecular weight excluding hydrogens is 358 g/mol. The van der Waals surface area contributed by atoms with Crippen LogP contribution in [0.4, 0.5) is 17.1 Å². The lowest BCUT2D eigenvalue weighted by Crippen LogP contribution is -2.28. The summed E-state index contributed by atoms with van der Waals surface area (Å²) in [6.45, 7) is 1.84. The molecule has 1 aliphatic carbocycles. The number of carboxylic acids is 2. The summed E-state index contributed by atoms with van der Waals surface area (Å²) in [6.07, 6.45) is 7.48. The number of hydrogen-bond acceptors (Lipinski definition) is 5. The Labute approximate surface area is 162 Å². The van der Waals surface area contributed by atoms with Crippen molar-refractivity contribution in [3.63, 3.8) is 0 Å². The lowest BCUT2D eigenvalue weighted by atomic mass is 10.0. The molecule has 0 fully saturated rings. The molecular formula is C21H21N3O4. The molecule has 7 heteroatoms. The van der Waals surface area contributed by atoms with Gasteiger partial charge in [0.05, 0.1) is 28.2 Å². The number of aryl methyl sites for hydroxylation is 1. The van der Waals surface area contributed by atoms with E-state index in [1.54, 1.807) is 12.1 Å².